The lowest BCUT2D eigenvalue weighted by Crippen LogP contribution is -2.09. The summed E-state index contributed by atoms with van der Waals surface area (Å²) in [7, 11) is -4.59. The van der Waals surface area contributed by atoms with Crippen LogP contribution in [0.5, 0.6) is 0 Å². The van der Waals surface area contributed by atoms with Gasteiger partial charge in [0.05, 0.1) is 5.69 Å². The fraction of sp³-hybridized carbons (Fsp3) is 0. The lowest BCUT2D eigenvalue weighted by Gasteiger charge is -2.25. The molecule has 0 spiro atoms. The lowest BCUT2D eigenvalue weighted by molar-refractivity contribution is 0.384. The number of benzene rings is 2. The lowest BCUT2D eigenvalue weighted by atomic mass is 10.1. The first-order valence-corrected chi connectivity index (χ1v) is 14.4. The van der Waals surface area contributed by atoms with Crippen molar-refractivity contribution in [2.75, 3.05) is 4.90 Å². The van der Waals surface area contributed by atoms with Gasteiger partial charge in [-0.2, -0.15) is 5.26 Å². The molecule has 5 rings (SSSR count). The number of thiophene rings is 2. The number of hydrogen-bond donors (Lipinski definition) is 2. The van der Waals surface area contributed by atoms with Gasteiger partial charge in [-0.3, -0.25) is 4.57 Å². The number of para-hydroxylation sites is 1. The average molecular weight is 539 g/mol. The Hall–Kier alpha value is -3.94. The number of hydrogen-bond acceptors (Lipinski definition) is 5. The smallest absolute Gasteiger partial charge is 0.321 e. The molecule has 0 aliphatic rings. The Balaban J connectivity index is 1.41. The summed E-state index contributed by atoms with van der Waals surface area (Å²) in [5, 5.41) is 8.51. The summed E-state index contributed by atoms with van der Waals surface area (Å²) >= 11 is 3.02. The molecule has 0 unspecified atom stereocenters. The second-order valence-electron chi connectivity index (χ2n) is 7.96. The topological polar surface area (TPSA) is 84.6 Å². The molecular formula is C29H19N2O3PS2. The van der Waals surface area contributed by atoms with Crippen molar-refractivity contribution in [3.8, 4) is 26.3 Å². The van der Waals surface area contributed by atoms with Gasteiger partial charge < -0.3 is 14.7 Å². The number of nitriles is 1. The third-order valence-corrected chi connectivity index (χ3v) is 8.73. The maximum atomic E-state index is 11.4. The third kappa shape index (κ3) is 5.58. The molecule has 0 fully saturated rings. The van der Waals surface area contributed by atoms with Crippen molar-refractivity contribution in [2.45, 2.75) is 0 Å². The van der Waals surface area contributed by atoms with E-state index in [2.05, 4.69) is 59.5 Å². The van der Waals surface area contributed by atoms with Gasteiger partial charge in [-0.25, -0.2) is 0 Å². The Labute approximate surface area is 223 Å². The molecule has 8 heteroatoms. The van der Waals surface area contributed by atoms with Gasteiger partial charge in [0.1, 0.15) is 11.4 Å². The van der Waals surface area contributed by atoms with Crippen molar-refractivity contribution in [1.82, 2.24) is 0 Å². The molecule has 180 valence electrons. The van der Waals surface area contributed by atoms with Crippen LogP contribution >= 0.6 is 30.3 Å². The molecule has 2 N–H and O–H groups in total. The molecule has 37 heavy (non-hydrogen) atoms. The van der Waals surface area contributed by atoms with Gasteiger partial charge in [0, 0.05) is 36.9 Å². The van der Waals surface area contributed by atoms with Crippen molar-refractivity contribution in [1.29, 1.82) is 5.26 Å². The SMILES string of the molecule is N#C/C(=C\c1ccc(-c2ccc(-c3ccc(N(c4cc#ccc4)c4ccccc4)cc3)s2)s1)P(=O)(O)O. The minimum Gasteiger partial charge on any atom is -0.321 e. The molecule has 3 aromatic carbocycles. The highest BCUT2D eigenvalue weighted by Gasteiger charge is 2.21. The van der Waals surface area contributed by atoms with Gasteiger partial charge in [-0.1, -0.05) is 42.5 Å². The van der Waals surface area contributed by atoms with E-state index in [9.17, 15) is 14.4 Å². The van der Waals surface area contributed by atoms with Crippen molar-refractivity contribution >= 4 is 53.4 Å². The highest BCUT2D eigenvalue weighted by molar-refractivity contribution is 7.57. The summed E-state index contributed by atoms with van der Waals surface area (Å²) in [6, 6.07) is 39.7. The summed E-state index contributed by atoms with van der Waals surface area (Å²) in [4.78, 5) is 24.5. The summed E-state index contributed by atoms with van der Waals surface area (Å²) < 4.78 is 11.4. The fourth-order valence-electron chi connectivity index (χ4n) is 3.78. The summed E-state index contributed by atoms with van der Waals surface area (Å²) in [6.45, 7) is 0. The third-order valence-electron chi connectivity index (χ3n) is 5.51. The van der Waals surface area contributed by atoms with Gasteiger partial charge in [0.25, 0.3) is 0 Å². The Morgan fingerprint density at radius 3 is 2.16 bits per heavy atom. The molecule has 5 nitrogen and oxygen atoms in total. The quantitative estimate of drug-likeness (QED) is 0.161. The van der Waals surface area contributed by atoms with Crippen LogP contribution < -0.4 is 4.90 Å². The zero-order valence-corrected chi connectivity index (χ0v) is 21.8. The maximum Gasteiger partial charge on any atom is 0.366 e. The normalized spacial score (nSPS) is 11.5. The summed E-state index contributed by atoms with van der Waals surface area (Å²) in [5.74, 6) is 0. The van der Waals surface area contributed by atoms with Crippen molar-refractivity contribution in [3.05, 3.63) is 119 Å². The van der Waals surface area contributed by atoms with Gasteiger partial charge in [-0.15, -0.1) is 22.7 Å². The highest BCUT2D eigenvalue weighted by Crippen LogP contribution is 2.46. The zero-order chi connectivity index (χ0) is 25.8. The van der Waals surface area contributed by atoms with Crippen molar-refractivity contribution < 1.29 is 14.4 Å². The van der Waals surface area contributed by atoms with Crippen molar-refractivity contribution in [2.24, 2.45) is 0 Å². The molecule has 2 aromatic heterocycles. The van der Waals surface area contributed by atoms with E-state index < -0.39 is 12.9 Å². The van der Waals surface area contributed by atoms with E-state index in [-0.39, 0.29) is 0 Å². The van der Waals surface area contributed by atoms with Crippen LogP contribution in [-0.2, 0) is 4.57 Å². The number of rotatable bonds is 7. The van der Waals surface area contributed by atoms with Crippen LogP contribution in [0, 0.1) is 23.5 Å². The molecule has 0 amide bonds. The number of nitrogens with zero attached hydrogens (tertiary/aromatic N) is 2. The summed E-state index contributed by atoms with van der Waals surface area (Å²) in [5.41, 5.74) is 4.16. The highest BCUT2D eigenvalue weighted by atomic mass is 32.1. The first kappa shape index (κ1) is 24.7. The molecular weight excluding hydrogens is 519 g/mol. The molecule has 0 aliphatic carbocycles. The standard InChI is InChI=1S/C29H19N2O3PS2/c30-20-25(35(32,33)34)19-26-15-16-28(36-26)29-18-17-27(37-29)21-11-13-24(14-12-21)31(22-7-3-1-4-8-22)23-9-5-2-6-10-23/h1,3-5,7-19H,(H2,32,33,34)/b25-19+. The van der Waals surface area contributed by atoms with Gasteiger partial charge in [-0.05, 0) is 72.3 Å². The summed E-state index contributed by atoms with van der Waals surface area (Å²) in [6.07, 6.45) is 1.25. The van der Waals surface area contributed by atoms with E-state index >= 15 is 0 Å². The molecule has 0 bridgehead atoms. The van der Waals surface area contributed by atoms with Crippen LogP contribution in [0.1, 0.15) is 4.88 Å². The average Bonchev–Trinajstić information content (AvgIpc) is 3.59. The van der Waals surface area contributed by atoms with Crippen LogP contribution in [0.2, 0.25) is 0 Å². The first-order valence-electron chi connectivity index (χ1n) is 11.1. The van der Waals surface area contributed by atoms with Crippen LogP contribution in [0.3, 0.4) is 0 Å². The predicted octanol–water partition coefficient (Wildman–Crippen LogP) is 8.26. The van der Waals surface area contributed by atoms with Crippen LogP contribution in [0.15, 0.2) is 102 Å². The molecule has 0 atom stereocenters. The van der Waals surface area contributed by atoms with E-state index in [1.807, 2.05) is 48.5 Å². The molecule has 5 aromatic rings. The van der Waals surface area contributed by atoms with Crippen LogP contribution in [0.25, 0.3) is 26.3 Å². The monoisotopic (exact) mass is 538 g/mol. The molecule has 0 aliphatic heterocycles. The second-order valence-corrected chi connectivity index (χ2v) is 11.7. The Morgan fingerprint density at radius 1 is 0.811 bits per heavy atom. The molecule has 0 saturated carbocycles. The Bertz CT molecular complexity index is 1590. The first-order chi connectivity index (χ1) is 17.9. The zero-order valence-electron chi connectivity index (χ0n) is 19.3. The fourth-order valence-corrected chi connectivity index (χ4v) is 6.36. The Kier molecular flexibility index (Phi) is 7.08. The Morgan fingerprint density at radius 2 is 1.49 bits per heavy atom. The van der Waals surface area contributed by atoms with E-state index in [4.69, 9.17) is 5.26 Å². The van der Waals surface area contributed by atoms with Crippen LogP contribution in [-0.4, -0.2) is 9.79 Å². The minimum atomic E-state index is -4.59. The van der Waals surface area contributed by atoms with E-state index in [0.29, 0.717) is 4.88 Å². The number of anilines is 3. The van der Waals surface area contributed by atoms with Gasteiger partial charge >= 0.3 is 7.60 Å². The predicted molar refractivity (Wildman–Crippen MR) is 151 cm³/mol. The maximum absolute atomic E-state index is 11.4. The molecule has 0 radical (unpaired) electrons. The van der Waals surface area contributed by atoms with Gasteiger partial charge in [0.15, 0.2) is 0 Å². The van der Waals surface area contributed by atoms with Crippen molar-refractivity contribution in [3.63, 3.8) is 0 Å². The number of allylic oxidation sites excluding steroid dienone is 1. The second kappa shape index (κ2) is 10.6. The van der Waals surface area contributed by atoms with E-state index in [1.165, 1.54) is 17.4 Å². The molecule has 0 saturated heterocycles. The van der Waals surface area contributed by atoms with Crippen LogP contribution in [0.4, 0.5) is 17.1 Å². The molecule has 2 heterocycles. The van der Waals surface area contributed by atoms with Gasteiger partial charge in [0.2, 0.25) is 0 Å². The van der Waals surface area contributed by atoms with E-state index in [0.717, 1.165) is 37.3 Å². The minimum absolute atomic E-state index is 0.538. The largest absolute Gasteiger partial charge is 0.366 e. The van der Waals surface area contributed by atoms with E-state index in [1.54, 1.807) is 23.5 Å².